The van der Waals surface area contributed by atoms with E-state index in [4.69, 9.17) is 14.2 Å². The van der Waals surface area contributed by atoms with Crippen LogP contribution in [0, 0.1) is 17.8 Å². The lowest BCUT2D eigenvalue weighted by Crippen LogP contribution is -2.56. The maximum absolute atomic E-state index is 12.8. The van der Waals surface area contributed by atoms with E-state index in [9.17, 15) is 24.0 Å². The maximum atomic E-state index is 12.8. The Hall–Kier alpha value is -3.11. The predicted octanol–water partition coefficient (Wildman–Crippen LogP) is 3.00. The number of likely N-dealkylation sites (tertiary alicyclic amines) is 1. The predicted molar refractivity (Wildman–Crippen MR) is 147 cm³/mol. The highest BCUT2D eigenvalue weighted by Crippen LogP contribution is 2.41. The van der Waals surface area contributed by atoms with Gasteiger partial charge in [0.25, 0.3) is 5.91 Å². The fourth-order valence-electron chi connectivity index (χ4n) is 5.81. The second-order valence-corrected chi connectivity index (χ2v) is 10.9. The van der Waals surface area contributed by atoms with Gasteiger partial charge < -0.3 is 24.4 Å². The molecule has 0 saturated carbocycles. The first kappa shape index (κ1) is 31.4. The molecule has 2 fully saturated rings. The molecule has 220 valence electrons. The van der Waals surface area contributed by atoms with Crippen molar-refractivity contribution in [2.45, 2.75) is 72.2 Å². The number of nitrogens with zero attached hydrogens (tertiary/aromatic N) is 1. The van der Waals surface area contributed by atoms with Crippen LogP contribution in [0.4, 0.5) is 0 Å². The number of hydrogen-bond acceptors (Lipinski definition) is 9. The summed E-state index contributed by atoms with van der Waals surface area (Å²) >= 11 is 0. The second kappa shape index (κ2) is 14.5. The van der Waals surface area contributed by atoms with E-state index in [2.05, 4.69) is 10.2 Å². The molecule has 0 aliphatic carbocycles. The van der Waals surface area contributed by atoms with E-state index in [-0.39, 0.29) is 47.0 Å². The van der Waals surface area contributed by atoms with Crippen LogP contribution in [0.15, 0.2) is 18.2 Å². The topological polar surface area (TPSA) is 128 Å². The smallest absolute Gasteiger partial charge is 0.251 e. The molecule has 3 rings (SSSR count). The van der Waals surface area contributed by atoms with Gasteiger partial charge in [0.1, 0.15) is 23.1 Å². The number of benzene rings is 1. The van der Waals surface area contributed by atoms with E-state index in [1.165, 1.54) is 60.1 Å². The molecule has 1 N–H and O–H groups in total. The summed E-state index contributed by atoms with van der Waals surface area (Å²) in [7, 11) is 1.43. The third kappa shape index (κ3) is 7.97. The van der Waals surface area contributed by atoms with Crippen molar-refractivity contribution in [1.82, 2.24) is 10.2 Å². The zero-order valence-corrected chi connectivity index (χ0v) is 24.2. The minimum absolute atomic E-state index is 0.105. The van der Waals surface area contributed by atoms with Crippen LogP contribution in [0.3, 0.4) is 0 Å². The van der Waals surface area contributed by atoms with Gasteiger partial charge in [0.15, 0.2) is 11.5 Å². The molecule has 2 aliphatic heterocycles. The molecule has 1 amide bonds. The van der Waals surface area contributed by atoms with Crippen LogP contribution >= 0.6 is 0 Å². The Bertz CT molecular complexity index is 1100. The number of piperidine rings is 1. The zero-order chi connectivity index (χ0) is 29.4. The van der Waals surface area contributed by atoms with Gasteiger partial charge >= 0.3 is 0 Å². The van der Waals surface area contributed by atoms with Crippen molar-refractivity contribution in [3.05, 3.63) is 23.8 Å². The average Bonchev–Trinajstić information content (AvgIpc) is 2.90. The lowest BCUT2D eigenvalue weighted by molar-refractivity contribution is -0.216. The lowest BCUT2D eigenvalue weighted by atomic mass is 9.70. The van der Waals surface area contributed by atoms with Crippen molar-refractivity contribution >= 4 is 29.0 Å². The third-order valence-electron chi connectivity index (χ3n) is 7.73. The quantitative estimate of drug-likeness (QED) is 0.363. The molecule has 0 radical (unpaired) electrons. The third-order valence-corrected chi connectivity index (χ3v) is 7.73. The summed E-state index contributed by atoms with van der Waals surface area (Å²) in [6.07, 6.45) is 2.32. The van der Waals surface area contributed by atoms with Gasteiger partial charge in [0.05, 0.1) is 25.0 Å². The van der Waals surface area contributed by atoms with Crippen molar-refractivity contribution in [1.29, 1.82) is 0 Å². The van der Waals surface area contributed by atoms with Crippen LogP contribution in [0.2, 0.25) is 0 Å². The molecule has 2 heterocycles. The van der Waals surface area contributed by atoms with Gasteiger partial charge in [-0.2, -0.15) is 0 Å². The number of nitrogens with one attached hydrogen (secondary N) is 1. The summed E-state index contributed by atoms with van der Waals surface area (Å²) in [6.45, 7) is 9.06. The minimum Gasteiger partial charge on any atom is -0.493 e. The van der Waals surface area contributed by atoms with E-state index in [1.54, 1.807) is 12.1 Å². The standard InChI is InChI=1S/C30H42N2O8/c1-18(33)16-25-26(19(2)34)27(20(3)35)28(21(4)36)30(40-25)39-23-11-10-22(17-24(23)38-5)29(37)31-12-9-15-32-13-7-6-8-14-32/h10-11,17,25-28,30H,6-9,12-16H2,1-5H3,(H,31,37). The first-order valence-electron chi connectivity index (χ1n) is 14.0. The van der Waals surface area contributed by atoms with Crippen LogP contribution in [-0.2, 0) is 23.9 Å². The van der Waals surface area contributed by atoms with Crippen LogP contribution < -0.4 is 14.8 Å². The van der Waals surface area contributed by atoms with E-state index < -0.39 is 30.1 Å². The Kier molecular flexibility index (Phi) is 11.4. The fourth-order valence-corrected chi connectivity index (χ4v) is 5.81. The number of amides is 1. The van der Waals surface area contributed by atoms with Gasteiger partial charge in [0.2, 0.25) is 6.29 Å². The molecule has 1 aromatic carbocycles. The number of ketones is 4. The van der Waals surface area contributed by atoms with Crippen molar-refractivity contribution in [3.63, 3.8) is 0 Å². The first-order chi connectivity index (χ1) is 19.0. The number of hydrogen-bond donors (Lipinski definition) is 1. The van der Waals surface area contributed by atoms with Gasteiger partial charge in [-0.05, 0) is 84.8 Å². The van der Waals surface area contributed by atoms with Crippen LogP contribution in [0.1, 0.15) is 70.2 Å². The molecule has 5 atom stereocenters. The van der Waals surface area contributed by atoms with E-state index >= 15 is 0 Å². The van der Waals surface area contributed by atoms with E-state index in [0.717, 1.165) is 26.1 Å². The number of carbonyl (C=O) groups excluding carboxylic acids is 5. The Morgan fingerprint density at radius 3 is 2.12 bits per heavy atom. The lowest BCUT2D eigenvalue weighted by Gasteiger charge is -2.44. The molecular formula is C30H42N2O8. The Labute approximate surface area is 236 Å². The Morgan fingerprint density at radius 1 is 0.900 bits per heavy atom. The monoisotopic (exact) mass is 558 g/mol. The van der Waals surface area contributed by atoms with Crippen molar-refractivity contribution in [2.75, 3.05) is 33.3 Å². The molecule has 2 aliphatic rings. The summed E-state index contributed by atoms with van der Waals surface area (Å²) in [6, 6.07) is 4.66. The molecule has 2 saturated heterocycles. The molecule has 40 heavy (non-hydrogen) atoms. The zero-order valence-electron chi connectivity index (χ0n) is 24.2. The van der Waals surface area contributed by atoms with Crippen LogP contribution in [0.5, 0.6) is 11.5 Å². The van der Waals surface area contributed by atoms with E-state index in [0.29, 0.717) is 12.1 Å². The average molecular weight is 559 g/mol. The summed E-state index contributed by atoms with van der Waals surface area (Å²) in [5.74, 6) is -4.11. The number of ether oxygens (including phenoxy) is 3. The highest BCUT2D eigenvalue weighted by atomic mass is 16.7. The minimum atomic E-state index is -1.24. The first-order valence-corrected chi connectivity index (χ1v) is 14.0. The summed E-state index contributed by atoms with van der Waals surface area (Å²) in [4.78, 5) is 65.2. The molecule has 1 aromatic rings. The molecular weight excluding hydrogens is 516 g/mol. The Balaban J connectivity index is 1.76. The normalized spacial score (nSPS) is 25.1. The van der Waals surface area contributed by atoms with Crippen molar-refractivity contribution < 1.29 is 38.2 Å². The number of carbonyl (C=O) groups is 5. The van der Waals surface area contributed by atoms with Gasteiger partial charge in [-0.15, -0.1) is 0 Å². The van der Waals surface area contributed by atoms with Crippen LogP contribution in [-0.4, -0.2) is 79.6 Å². The molecule has 0 bridgehead atoms. The highest BCUT2D eigenvalue weighted by molar-refractivity contribution is 5.95. The van der Waals surface area contributed by atoms with E-state index in [1.807, 2.05) is 0 Å². The van der Waals surface area contributed by atoms with Gasteiger partial charge in [-0.1, -0.05) is 6.42 Å². The maximum Gasteiger partial charge on any atom is 0.251 e. The second-order valence-electron chi connectivity index (χ2n) is 10.9. The van der Waals surface area contributed by atoms with Gasteiger partial charge in [-0.3, -0.25) is 24.0 Å². The fraction of sp³-hybridized carbons (Fsp3) is 0.633. The molecule has 5 unspecified atom stereocenters. The number of rotatable bonds is 13. The summed E-state index contributed by atoms with van der Waals surface area (Å²) in [5.41, 5.74) is 0.377. The van der Waals surface area contributed by atoms with Crippen molar-refractivity contribution in [2.24, 2.45) is 17.8 Å². The molecule has 0 spiro atoms. The Morgan fingerprint density at radius 2 is 1.55 bits per heavy atom. The molecule has 10 nitrogen and oxygen atoms in total. The largest absolute Gasteiger partial charge is 0.493 e. The number of Topliss-reactive ketones (excluding diaryl/α,β-unsaturated/α-hetero) is 4. The van der Waals surface area contributed by atoms with Gasteiger partial charge in [0, 0.05) is 24.4 Å². The van der Waals surface area contributed by atoms with Gasteiger partial charge in [-0.25, -0.2) is 0 Å². The summed E-state index contributed by atoms with van der Waals surface area (Å²) in [5, 5.41) is 2.94. The summed E-state index contributed by atoms with van der Waals surface area (Å²) < 4.78 is 17.6. The SMILES string of the molecule is COc1cc(C(=O)NCCCN2CCCCC2)ccc1OC1OC(CC(C)=O)C(C(C)=O)C(C(C)=O)C1C(C)=O. The molecule has 10 heteroatoms. The molecule has 0 aromatic heterocycles. The van der Waals surface area contributed by atoms with Crippen molar-refractivity contribution in [3.8, 4) is 11.5 Å². The number of methoxy groups -OCH3 is 1. The highest BCUT2D eigenvalue weighted by Gasteiger charge is 2.52. The van der Waals surface area contributed by atoms with Crippen LogP contribution in [0.25, 0.3) is 0 Å².